The number of piperazine rings is 1. The molecule has 0 aromatic heterocycles. The summed E-state index contributed by atoms with van der Waals surface area (Å²) in [7, 11) is 1.72. The maximum atomic E-state index is 13.2. The fourth-order valence-electron chi connectivity index (χ4n) is 4.68. The number of benzene rings is 1. The molecule has 1 aromatic carbocycles. The molecule has 1 aliphatic heterocycles. The number of hydrogen-bond acceptors (Lipinski definition) is 4. The Morgan fingerprint density at radius 3 is 2.59 bits per heavy atom. The minimum absolute atomic E-state index is 0. The summed E-state index contributed by atoms with van der Waals surface area (Å²) in [6.07, 6.45) is 7.33. The minimum Gasteiger partial charge on any atom is -0.496 e. The summed E-state index contributed by atoms with van der Waals surface area (Å²) < 4.78 is 5.58. The lowest BCUT2D eigenvalue weighted by Crippen LogP contribution is -2.52. The van der Waals surface area contributed by atoms with Crippen LogP contribution in [0, 0.1) is 0 Å². The lowest BCUT2D eigenvalue weighted by molar-refractivity contribution is -0.136. The van der Waals surface area contributed by atoms with E-state index in [1.165, 1.54) is 44.1 Å². The molecule has 0 radical (unpaired) electrons. The highest BCUT2D eigenvalue weighted by molar-refractivity contribution is 5.85. The Morgan fingerprint density at radius 2 is 1.89 bits per heavy atom. The fraction of sp³-hybridized carbons (Fsp3) is 0.667. The van der Waals surface area contributed by atoms with E-state index in [0.29, 0.717) is 24.5 Å². The smallest absolute Gasteiger partial charge is 0.237 e. The maximum Gasteiger partial charge on any atom is 0.237 e. The predicted octanol–water partition coefficient (Wildman–Crippen LogP) is 3.00. The molecule has 3 fully saturated rings. The normalized spacial score (nSPS) is 23.7. The molecule has 2 saturated carbocycles. The number of carbonyl (C=O) groups excluding carboxylic acids is 1. The van der Waals surface area contributed by atoms with Gasteiger partial charge in [0.05, 0.1) is 19.7 Å². The zero-order valence-electron chi connectivity index (χ0n) is 16.2. The van der Waals surface area contributed by atoms with E-state index in [1.54, 1.807) is 7.11 Å². The van der Waals surface area contributed by atoms with E-state index in [9.17, 15) is 4.79 Å². The molecule has 6 heteroatoms. The van der Waals surface area contributed by atoms with Crippen LogP contribution in [0.1, 0.15) is 50.1 Å². The van der Waals surface area contributed by atoms with Crippen LogP contribution in [0.15, 0.2) is 24.3 Å². The third kappa shape index (κ3) is 4.58. The molecular weight excluding hydrogens is 362 g/mol. The van der Waals surface area contributed by atoms with E-state index < -0.39 is 0 Å². The van der Waals surface area contributed by atoms with Gasteiger partial charge in [-0.1, -0.05) is 31.0 Å². The lowest BCUT2D eigenvalue weighted by atomic mass is 10.0. The number of para-hydroxylation sites is 1. The highest BCUT2D eigenvalue weighted by Crippen LogP contribution is 2.35. The molecule has 2 aliphatic carbocycles. The molecule has 1 unspecified atom stereocenters. The van der Waals surface area contributed by atoms with E-state index in [0.717, 1.165) is 25.4 Å². The Kier molecular flexibility index (Phi) is 7.01. The predicted molar refractivity (Wildman–Crippen MR) is 110 cm³/mol. The van der Waals surface area contributed by atoms with Crippen LogP contribution in [0.3, 0.4) is 0 Å². The maximum absolute atomic E-state index is 13.2. The van der Waals surface area contributed by atoms with Gasteiger partial charge >= 0.3 is 0 Å². The standard InChI is InChI=1S/C21H31N3O2.ClH/c1-26-20-9-5-4-8-18(20)19-14-22-12-13-23(19)15-21(25)24(17-10-11-17)16-6-2-3-7-16;/h4-5,8-9,16-17,19,22H,2-3,6-7,10-15H2,1H3;1H. The second-order valence-corrected chi connectivity index (χ2v) is 7.90. The van der Waals surface area contributed by atoms with Crippen molar-refractivity contribution in [3.8, 4) is 5.75 Å². The Bertz CT molecular complexity index is 632. The summed E-state index contributed by atoms with van der Waals surface area (Å²) in [4.78, 5) is 17.9. The van der Waals surface area contributed by atoms with Crippen LogP contribution in [0.5, 0.6) is 5.75 Å². The first-order valence-electron chi connectivity index (χ1n) is 10.2. The lowest BCUT2D eigenvalue weighted by Gasteiger charge is -2.38. The molecule has 1 atom stereocenters. The van der Waals surface area contributed by atoms with Crippen LogP contribution in [-0.2, 0) is 4.79 Å². The van der Waals surface area contributed by atoms with Gasteiger partial charge in [0.1, 0.15) is 5.75 Å². The second kappa shape index (κ2) is 9.26. The van der Waals surface area contributed by atoms with Gasteiger partial charge in [-0.15, -0.1) is 12.4 Å². The SMILES string of the molecule is COc1ccccc1C1CNCCN1CC(=O)N(C1CCCC1)C1CC1.Cl. The summed E-state index contributed by atoms with van der Waals surface area (Å²) in [5.74, 6) is 1.25. The summed E-state index contributed by atoms with van der Waals surface area (Å²) in [5, 5.41) is 3.49. The molecular formula is C21H32ClN3O2. The van der Waals surface area contributed by atoms with Gasteiger partial charge in [0.25, 0.3) is 0 Å². The Labute approximate surface area is 168 Å². The van der Waals surface area contributed by atoms with Crippen LogP contribution in [-0.4, -0.2) is 61.1 Å². The first-order valence-corrected chi connectivity index (χ1v) is 10.2. The topological polar surface area (TPSA) is 44.8 Å². The van der Waals surface area contributed by atoms with Crippen LogP contribution < -0.4 is 10.1 Å². The Hall–Kier alpha value is -1.30. The molecule has 3 aliphatic rings. The van der Waals surface area contributed by atoms with Crippen LogP contribution in [0.25, 0.3) is 0 Å². The van der Waals surface area contributed by atoms with E-state index in [-0.39, 0.29) is 18.4 Å². The van der Waals surface area contributed by atoms with Gasteiger partial charge in [0.2, 0.25) is 5.91 Å². The largest absolute Gasteiger partial charge is 0.496 e. The molecule has 4 rings (SSSR count). The summed E-state index contributed by atoms with van der Waals surface area (Å²) in [6, 6.07) is 9.39. The summed E-state index contributed by atoms with van der Waals surface area (Å²) in [6.45, 7) is 3.22. The molecule has 1 heterocycles. The molecule has 27 heavy (non-hydrogen) atoms. The minimum atomic E-state index is 0. The van der Waals surface area contributed by atoms with Crippen LogP contribution in [0.4, 0.5) is 0 Å². The van der Waals surface area contributed by atoms with Crippen molar-refractivity contribution < 1.29 is 9.53 Å². The molecule has 1 aromatic rings. The molecule has 0 spiro atoms. The zero-order valence-corrected chi connectivity index (χ0v) is 17.0. The van der Waals surface area contributed by atoms with E-state index in [2.05, 4.69) is 27.2 Å². The first kappa shape index (κ1) is 20.4. The van der Waals surface area contributed by atoms with Crippen molar-refractivity contribution in [3.63, 3.8) is 0 Å². The van der Waals surface area contributed by atoms with Gasteiger partial charge < -0.3 is 15.0 Å². The monoisotopic (exact) mass is 393 g/mol. The molecule has 1 saturated heterocycles. The van der Waals surface area contributed by atoms with Gasteiger partial charge in [-0.25, -0.2) is 0 Å². The average Bonchev–Trinajstić information content (AvgIpc) is 3.35. The third-order valence-corrected chi connectivity index (χ3v) is 6.14. The number of rotatable bonds is 6. The van der Waals surface area contributed by atoms with Gasteiger partial charge in [-0.05, 0) is 31.7 Å². The average molecular weight is 394 g/mol. The Morgan fingerprint density at radius 1 is 1.19 bits per heavy atom. The Balaban J connectivity index is 0.00000210. The molecule has 1 amide bonds. The number of hydrogen-bond donors (Lipinski definition) is 1. The van der Waals surface area contributed by atoms with Gasteiger partial charge in [-0.3, -0.25) is 9.69 Å². The highest BCUT2D eigenvalue weighted by atomic mass is 35.5. The number of nitrogens with zero attached hydrogens (tertiary/aromatic N) is 2. The van der Waals surface area contributed by atoms with E-state index >= 15 is 0 Å². The quantitative estimate of drug-likeness (QED) is 0.807. The number of amides is 1. The molecule has 1 N–H and O–H groups in total. The van der Waals surface area contributed by atoms with Crippen molar-refractivity contribution in [2.45, 2.75) is 56.7 Å². The second-order valence-electron chi connectivity index (χ2n) is 7.90. The molecule has 5 nitrogen and oxygen atoms in total. The fourth-order valence-corrected chi connectivity index (χ4v) is 4.68. The van der Waals surface area contributed by atoms with Crippen molar-refractivity contribution in [1.82, 2.24) is 15.1 Å². The van der Waals surface area contributed by atoms with Crippen molar-refractivity contribution >= 4 is 18.3 Å². The van der Waals surface area contributed by atoms with Gasteiger partial charge in [0, 0.05) is 37.3 Å². The number of halogens is 1. The third-order valence-electron chi connectivity index (χ3n) is 6.14. The van der Waals surface area contributed by atoms with Crippen molar-refractivity contribution in [1.29, 1.82) is 0 Å². The van der Waals surface area contributed by atoms with Gasteiger partial charge in [-0.2, -0.15) is 0 Å². The summed E-state index contributed by atoms with van der Waals surface area (Å²) >= 11 is 0. The number of methoxy groups -OCH3 is 1. The highest BCUT2D eigenvalue weighted by Gasteiger charge is 2.39. The van der Waals surface area contributed by atoms with E-state index in [1.807, 2.05) is 12.1 Å². The van der Waals surface area contributed by atoms with Crippen LogP contribution in [0.2, 0.25) is 0 Å². The number of nitrogens with one attached hydrogen (secondary N) is 1. The van der Waals surface area contributed by atoms with Crippen molar-refractivity contribution in [3.05, 3.63) is 29.8 Å². The van der Waals surface area contributed by atoms with Gasteiger partial charge in [0.15, 0.2) is 0 Å². The number of carbonyl (C=O) groups is 1. The van der Waals surface area contributed by atoms with E-state index in [4.69, 9.17) is 4.74 Å². The van der Waals surface area contributed by atoms with Crippen LogP contribution >= 0.6 is 12.4 Å². The first-order chi connectivity index (χ1) is 12.8. The molecule has 150 valence electrons. The summed E-state index contributed by atoms with van der Waals surface area (Å²) in [5.41, 5.74) is 1.17. The molecule has 0 bridgehead atoms. The number of ether oxygens (including phenoxy) is 1. The zero-order chi connectivity index (χ0) is 17.9. The van der Waals surface area contributed by atoms with Crippen molar-refractivity contribution in [2.24, 2.45) is 0 Å². The van der Waals surface area contributed by atoms with Crippen molar-refractivity contribution in [2.75, 3.05) is 33.3 Å².